The minimum atomic E-state index is -2.86. The van der Waals surface area contributed by atoms with Gasteiger partial charge in [-0.3, -0.25) is 4.79 Å². The van der Waals surface area contributed by atoms with E-state index in [9.17, 15) is 13.6 Å². The molecular weight excluding hydrogens is 348 g/mol. The molecule has 0 aromatic heterocycles. The number of nitrogens with one attached hydrogen (secondary N) is 1. The molecule has 0 spiro atoms. The first-order chi connectivity index (χ1) is 13.1. The van der Waals surface area contributed by atoms with E-state index >= 15 is 0 Å². The molecule has 0 aliphatic rings. The molecule has 0 unspecified atom stereocenters. The third-order valence-electron chi connectivity index (χ3n) is 4.08. The van der Waals surface area contributed by atoms with Crippen LogP contribution in [0.25, 0.3) is 0 Å². The highest BCUT2D eigenvalue weighted by Crippen LogP contribution is 2.22. The van der Waals surface area contributed by atoms with E-state index in [1.807, 2.05) is 60.7 Å². The number of carbonyl (C=O) groups is 1. The minimum Gasteiger partial charge on any atom is -0.435 e. The maximum Gasteiger partial charge on any atom is 0.387 e. The number of benzene rings is 3. The molecule has 0 aliphatic carbocycles. The highest BCUT2D eigenvalue weighted by atomic mass is 19.3. The Morgan fingerprint density at radius 3 is 1.81 bits per heavy atom. The van der Waals surface area contributed by atoms with Crippen molar-refractivity contribution < 1.29 is 18.3 Å². The zero-order chi connectivity index (χ0) is 19.1. The highest BCUT2D eigenvalue weighted by molar-refractivity contribution is 5.79. The summed E-state index contributed by atoms with van der Waals surface area (Å²) < 4.78 is 28.7. The molecule has 5 heteroatoms. The molecule has 0 fully saturated rings. The van der Waals surface area contributed by atoms with Crippen LogP contribution >= 0.6 is 0 Å². The SMILES string of the molecule is O=C(Cc1ccc(OC(F)F)cc1)NC(c1ccccc1)c1ccccc1. The van der Waals surface area contributed by atoms with Crippen LogP contribution in [0.2, 0.25) is 0 Å². The lowest BCUT2D eigenvalue weighted by atomic mass is 9.98. The molecule has 3 aromatic rings. The number of halogens is 2. The summed E-state index contributed by atoms with van der Waals surface area (Å²) in [5.41, 5.74) is 2.68. The van der Waals surface area contributed by atoms with Crippen LogP contribution in [0.3, 0.4) is 0 Å². The van der Waals surface area contributed by atoms with Crippen molar-refractivity contribution in [3.63, 3.8) is 0 Å². The van der Waals surface area contributed by atoms with E-state index in [4.69, 9.17) is 0 Å². The number of hydrogen-bond acceptors (Lipinski definition) is 2. The first-order valence-corrected chi connectivity index (χ1v) is 8.55. The second kappa shape index (κ2) is 8.94. The van der Waals surface area contributed by atoms with Crippen LogP contribution < -0.4 is 10.1 Å². The molecule has 138 valence electrons. The molecule has 3 aromatic carbocycles. The average molecular weight is 367 g/mol. The van der Waals surface area contributed by atoms with Crippen molar-refractivity contribution in [3.8, 4) is 5.75 Å². The Balaban J connectivity index is 1.71. The third-order valence-corrected chi connectivity index (χ3v) is 4.08. The van der Waals surface area contributed by atoms with Crippen molar-refractivity contribution in [2.45, 2.75) is 19.1 Å². The fourth-order valence-corrected chi connectivity index (χ4v) is 2.84. The van der Waals surface area contributed by atoms with Crippen LogP contribution in [0, 0.1) is 0 Å². The van der Waals surface area contributed by atoms with Crippen molar-refractivity contribution in [1.82, 2.24) is 5.32 Å². The number of rotatable bonds is 7. The van der Waals surface area contributed by atoms with Crippen molar-refractivity contribution in [2.75, 3.05) is 0 Å². The van der Waals surface area contributed by atoms with Gasteiger partial charge in [-0.2, -0.15) is 8.78 Å². The number of amides is 1. The molecule has 1 amide bonds. The topological polar surface area (TPSA) is 38.3 Å². The molecule has 0 saturated carbocycles. The molecule has 0 aliphatic heterocycles. The summed E-state index contributed by atoms with van der Waals surface area (Å²) in [5, 5.41) is 3.05. The molecule has 1 N–H and O–H groups in total. The van der Waals surface area contributed by atoms with Crippen molar-refractivity contribution in [3.05, 3.63) is 102 Å². The van der Waals surface area contributed by atoms with Crippen molar-refractivity contribution >= 4 is 5.91 Å². The van der Waals surface area contributed by atoms with Crippen LogP contribution in [-0.2, 0) is 11.2 Å². The monoisotopic (exact) mass is 367 g/mol. The maximum absolute atomic E-state index is 12.6. The Labute approximate surface area is 156 Å². The lowest BCUT2D eigenvalue weighted by Crippen LogP contribution is -2.30. The Morgan fingerprint density at radius 1 is 0.815 bits per heavy atom. The van der Waals surface area contributed by atoms with Gasteiger partial charge in [-0.1, -0.05) is 72.8 Å². The van der Waals surface area contributed by atoms with Gasteiger partial charge >= 0.3 is 6.61 Å². The Hall–Kier alpha value is -3.21. The summed E-state index contributed by atoms with van der Waals surface area (Å²) in [6, 6.07) is 25.3. The molecule has 0 atom stereocenters. The fraction of sp³-hybridized carbons (Fsp3) is 0.136. The van der Waals surface area contributed by atoms with Gasteiger partial charge in [0.25, 0.3) is 0 Å². The molecule has 0 radical (unpaired) electrons. The van der Waals surface area contributed by atoms with Crippen LogP contribution in [0.5, 0.6) is 5.75 Å². The molecule has 3 rings (SSSR count). The van der Waals surface area contributed by atoms with E-state index in [-0.39, 0.29) is 24.1 Å². The standard InChI is InChI=1S/C22H19F2NO2/c23-22(24)27-19-13-11-16(12-14-19)15-20(26)25-21(17-7-3-1-4-8-17)18-9-5-2-6-10-18/h1-14,21-22H,15H2,(H,25,26). The third kappa shape index (κ3) is 5.38. The Bertz CT molecular complexity index is 813. The van der Waals surface area contributed by atoms with E-state index in [2.05, 4.69) is 10.1 Å². The van der Waals surface area contributed by atoms with Crippen LogP contribution in [0.1, 0.15) is 22.7 Å². The number of carbonyl (C=O) groups excluding carboxylic acids is 1. The highest BCUT2D eigenvalue weighted by Gasteiger charge is 2.16. The van der Waals surface area contributed by atoms with Gasteiger partial charge in [-0.25, -0.2) is 0 Å². The van der Waals surface area contributed by atoms with Gasteiger partial charge in [0.15, 0.2) is 0 Å². The fourth-order valence-electron chi connectivity index (χ4n) is 2.84. The first kappa shape index (κ1) is 18.6. The molecule has 0 heterocycles. The van der Waals surface area contributed by atoms with E-state index in [0.29, 0.717) is 5.56 Å². The van der Waals surface area contributed by atoms with Crippen LogP contribution in [0.15, 0.2) is 84.9 Å². The first-order valence-electron chi connectivity index (χ1n) is 8.55. The second-order valence-electron chi connectivity index (χ2n) is 6.02. The zero-order valence-corrected chi connectivity index (χ0v) is 14.5. The minimum absolute atomic E-state index is 0.0700. The largest absolute Gasteiger partial charge is 0.435 e. The summed E-state index contributed by atoms with van der Waals surface area (Å²) >= 11 is 0. The van der Waals surface area contributed by atoms with Gasteiger partial charge in [0, 0.05) is 0 Å². The second-order valence-corrected chi connectivity index (χ2v) is 6.02. The van der Waals surface area contributed by atoms with Crippen molar-refractivity contribution in [2.24, 2.45) is 0 Å². The summed E-state index contributed by atoms with van der Waals surface area (Å²) in [7, 11) is 0. The molecule has 0 saturated heterocycles. The van der Waals surface area contributed by atoms with Gasteiger partial charge in [0.1, 0.15) is 5.75 Å². The van der Waals surface area contributed by atoms with Gasteiger partial charge < -0.3 is 10.1 Å². The van der Waals surface area contributed by atoms with Crippen molar-refractivity contribution in [1.29, 1.82) is 0 Å². The molecule has 3 nitrogen and oxygen atoms in total. The van der Waals surface area contributed by atoms with Gasteiger partial charge in [-0.05, 0) is 28.8 Å². The predicted molar refractivity (Wildman–Crippen MR) is 99.6 cm³/mol. The average Bonchev–Trinajstić information content (AvgIpc) is 2.69. The summed E-state index contributed by atoms with van der Waals surface area (Å²) in [6.45, 7) is -2.86. The van der Waals surface area contributed by atoms with Gasteiger partial charge in [0.05, 0.1) is 12.5 Å². The van der Waals surface area contributed by atoms with Crippen LogP contribution in [-0.4, -0.2) is 12.5 Å². The van der Waals surface area contributed by atoms with E-state index in [1.165, 1.54) is 12.1 Å². The summed E-state index contributed by atoms with van der Waals surface area (Å²) in [4.78, 5) is 12.6. The smallest absolute Gasteiger partial charge is 0.387 e. The maximum atomic E-state index is 12.6. The quantitative estimate of drug-likeness (QED) is 0.655. The number of alkyl halides is 2. The molecule has 0 bridgehead atoms. The van der Waals surface area contributed by atoms with E-state index in [1.54, 1.807) is 12.1 Å². The molecular formula is C22H19F2NO2. The summed E-state index contributed by atoms with van der Waals surface area (Å²) in [5.74, 6) is -0.0872. The normalized spacial score (nSPS) is 10.8. The van der Waals surface area contributed by atoms with Crippen LogP contribution in [0.4, 0.5) is 8.78 Å². The number of ether oxygens (including phenoxy) is 1. The molecule has 27 heavy (non-hydrogen) atoms. The van der Waals surface area contributed by atoms with E-state index in [0.717, 1.165) is 11.1 Å². The predicted octanol–water partition coefficient (Wildman–Crippen LogP) is 4.74. The summed E-state index contributed by atoms with van der Waals surface area (Å²) in [6.07, 6.45) is 0.144. The Morgan fingerprint density at radius 2 is 1.33 bits per heavy atom. The van der Waals surface area contributed by atoms with E-state index < -0.39 is 6.61 Å². The Kier molecular flexibility index (Phi) is 6.15. The number of hydrogen-bond donors (Lipinski definition) is 1. The van der Waals surface area contributed by atoms with Gasteiger partial charge in [-0.15, -0.1) is 0 Å². The lowest BCUT2D eigenvalue weighted by molar-refractivity contribution is -0.120. The zero-order valence-electron chi connectivity index (χ0n) is 14.5. The lowest BCUT2D eigenvalue weighted by Gasteiger charge is -2.20. The van der Waals surface area contributed by atoms with Gasteiger partial charge in [0.2, 0.25) is 5.91 Å².